The number of amidine groups is 1. The summed E-state index contributed by atoms with van der Waals surface area (Å²) < 4.78 is 10.2. The topological polar surface area (TPSA) is 132 Å². The van der Waals surface area contributed by atoms with Crippen LogP contribution in [0, 0.1) is 16.0 Å². The molecule has 3 heterocycles. The zero-order valence-electron chi connectivity index (χ0n) is 20.8. The number of hydrogen-bond acceptors (Lipinski definition) is 10. The van der Waals surface area contributed by atoms with Crippen LogP contribution >= 0.6 is 11.8 Å². The van der Waals surface area contributed by atoms with Gasteiger partial charge in [-0.25, -0.2) is 9.79 Å². The molecule has 1 saturated heterocycles. The molecule has 1 aromatic rings. The van der Waals surface area contributed by atoms with Crippen molar-refractivity contribution in [1.82, 2.24) is 9.80 Å². The Balaban J connectivity index is 1.56. The summed E-state index contributed by atoms with van der Waals surface area (Å²) in [5, 5.41) is 13.6. The number of esters is 2. The number of aliphatic imine (C=N–C) groups is 1. The summed E-state index contributed by atoms with van der Waals surface area (Å²) in [7, 11) is 1.29. The minimum atomic E-state index is -0.663. The average molecular weight is 529 g/mol. The van der Waals surface area contributed by atoms with Crippen molar-refractivity contribution in [2.75, 3.05) is 26.8 Å². The van der Waals surface area contributed by atoms with Gasteiger partial charge in [0.1, 0.15) is 0 Å². The Morgan fingerprint density at radius 1 is 1.19 bits per heavy atom. The Morgan fingerprint density at radius 2 is 1.86 bits per heavy atom. The van der Waals surface area contributed by atoms with Crippen LogP contribution in [0.4, 0.5) is 5.69 Å². The lowest BCUT2D eigenvalue weighted by atomic mass is 9.93. The Kier molecular flexibility index (Phi) is 7.96. The molecule has 0 spiro atoms. The summed E-state index contributed by atoms with van der Waals surface area (Å²) in [5.74, 6) is -1.08. The minimum Gasteiger partial charge on any atom is -0.466 e. The molecule has 11 nitrogen and oxygen atoms in total. The van der Waals surface area contributed by atoms with E-state index < -0.39 is 16.9 Å². The molecular weight excluding hydrogens is 500 g/mol. The van der Waals surface area contributed by atoms with Crippen LogP contribution in [0.3, 0.4) is 0 Å². The Bertz CT molecular complexity index is 1200. The molecule has 3 aliphatic rings. The van der Waals surface area contributed by atoms with E-state index in [1.807, 2.05) is 10.3 Å². The molecule has 0 aliphatic carbocycles. The number of ether oxygens (including phenoxy) is 2. The first-order valence-electron chi connectivity index (χ1n) is 12.0. The summed E-state index contributed by atoms with van der Waals surface area (Å²) in [6.07, 6.45) is 1.18. The van der Waals surface area contributed by atoms with Crippen LogP contribution in [-0.4, -0.2) is 64.5 Å². The van der Waals surface area contributed by atoms with E-state index in [0.29, 0.717) is 60.2 Å². The second-order valence-corrected chi connectivity index (χ2v) is 9.65. The van der Waals surface area contributed by atoms with Gasteiger partial charge in [0.2, 0.25) is 5.91 Å². The lowest BCUT2D eigenvalue weighted by molar-refractivity contribution is -0.384. The van der Waals surface area contributed by atoms with Gasteiger partial charge in [0.05, 0.1) is 48.3 Å². The predicted molar refractivity (Wildman–Crippen MR) is 136 cm³/mol. The van der Waals surface area contributed by atoms with Crippen molar-refractivity contribution in [2.24, 2.45) is 10.9 Å². The van der Waals surface area contributed by atoms with Crippen LogP contribution in [-0.2, 0) is 23.9 Å². The van der Waals surface area contributed by atoms with Crippen molar-refractivity contribution >= 4 is 40.5 Å². The van der Waals surface area contributed by atoms with Crippen LogP contribution in [0.25, 0.3) is 0 Å². The summed E-state index contributed by atoms with van der Waals surface area (Å²) >= 11 is 1.35. The number of thioether (sulfide) groups is 1. The maximum atomic E-state index is 13.2. The van der Waals surface area contributed by atoms with Crippen molar-refractivity contribution in [1.29, 1.82) is 0 Å². The number of methoxy groups -OCH3 is 1. The summed E-state index contributed by atoms with van der Waals surface area (Å²) in [6, 6.07) is 5.31. The van der Waals surface area contributed by atoms with Crippen molar-refractivity contribution in [3.05, 3.63) is 62.3 Å². The molecule has 1 fully saturated rings. The van der Waals surface area contributed by atoms with Crippen molar-refractivity contribution in [3.8, 4) is 0 Å². The number of fused-ring (bicyclic) bond motifs is 1. The molecule has 1 amide bonds. The fourth-order valence-corrected chi connectivity index (χ4v) is 5.69. The lowest BCUT2D eigenvalue weighted by Gasteiger charge is -2.37. The Hall–Kier alpha value is -3.67. The number of nitro groups is 1. The normalized spacial score (nSPS) is 19.7. The monoisotopic (exact) mass is 528 g/mol. The fraction of sp³-hybridized carbons (Fsp3) is 0.440. The molecule has 1 atom stereocenters. The van der Waals surface area contributed by atoms with Gasteiger partial charge in [-0.05, 0) is 49.8 Å². The highest BCUT2D eigenvalue weighted by atomic mass is 32.2. The second kappa shape index (κ2) is 11.2. The summed E-state index contributed by atoms with van der Waals surface area (Å²) in [6.45, 7) is 4.74. The molecule has 4 rings (SSSR count). The van der Waals surface area contributed by atoms with Gasteiger partial charge >= 0.3 is 11.9 Å². The molecule has 0 radical (unpaired) electrons. The van der Waals surface area contributed by atoms with Crippen LogP contribution in [0.5, 0.6) is 0 Å². The number of piperidine rings is 1. The van der Waals surface area contributed by atoms with E-state index in [0.717, 1.165) is 0 Å². The minimum absolute atomic E-state index is 0.0678. The van der Waals surface area contributed by atoms with Gasteiger partial charge in [-0.3, -0.25) is 19.7 Å². The second-order valence-electron chi connectivity index (χ2n) is 8.82. The van der Waals surface area contributed by atoms with E-state index in [4.69, 9.17) is 9.47 Å². The number of carbonyl (C=O) groups is 3. The van der Waals surface area contributed by atoms with Crippen LogP contribution < -0.4 is 0 Å². The first-order valence-corrected chi connectivity index (χ1v) is 12.8. The van der Waals surface area contributed by atoms with Gasteiger partial charge in [-0.2, -0.15) is 0 Å². The standard InChI is InChI=1S/C25H28N4O7S/c1-4-36-23(31)17-9-11-27(12-10-17)20(30)13-19-14-37-25-26-15(2)21(24(32)35-3)22(28(19)25)16-5-7-18(8-6-16)29(33)34/h5-8,14,17,22H,4,9-13H2,1-3H3/t22-/m1/s1. The molecule has 0 saturated carbocycles. The van der Waals surface area contributed by atoms with Crippen LogP contribution in [0.15, 0.2) is 51.6 Å². The number of rotatable bonds is 7. The van der Waals surface area contributed by atoms with Crippen molar-refractivity contribution in [3.63, 3.8) is 0 Å². The Labute approximate surface area is 218 Å². The molecule has 12 heteroatoms. The third kappa shape index (κ3) is 5.38. The average Bonchev–Trinajstić information content (AvgIpc) is 3.29. The smallest absolute Gasteiger partial charge is 0.338 e. The first kappa shape index (κ1) is 26.4. The molecule has 0 bridgehead atoms. The van der Waals surface area contributed by atoms with Gasteiger partial charge in [-0.1, -0.05) is 11.8 Å². The van der Waals surface area contributed by atoms with Crippen molar-refractivity contribution in [2.45, 2.75) is 39.2 Å². The molecule has 0 N–H and O–H groups in total. The summed E-state index contributed by atoms with van der Waals surface area (Å²) in [5.41, 5.74) is 2.02. The first-order chi connectivity index (χ1) is 17.7. The lowest BCUT2D eigenvalue weighted by Crippen LogP contribution is -2.42. The number of benzene rings is 1. The molecule has 0 aromatic heterocycles. The summed E-state index contributed by atoms with van der Waals surface area (Å²) in [4.78, 5) is 56.9. The largest absolute Gasteiger partial charge is 0.466 e. The SMILES string of the molecule is CCOC(=O)C1CCN(C(=O)CC2=CSC3=NC(C)=C(C(=O)OC)[C@@H](c4ccc([N+](=O)[O-])cc4)N23)CC1. The number of amides is 1. The number of likely N-dealkylation sites (tertiary alicyclic amines) is 1. The Morgan fingerprint density at radius 3 is 2.46 bits per heavy atom. The molecule has 0 unspecified atom stereocenters. The number of nitrogens with zero attached hydrogens (tertiary/aromatic N) is 4. The molecule has 196 valence electrons. The van der Waals surface area contributed by atoms with E-state index in [-0.39, 0.29) is 29.9 Å². The third-order valence-electron chi connectivity index (χ3n) is 6.63. The molecule has 1 aromatic carbocycles. The van der Waals surface area contributed by atoms with Crippen molar-refractivity contribution < 1.29 is 28.8 Å². The van der Waals surface area contributed by atoms with Crippen LogP contribution in [0.1, 0.15) is 44.7 Å². The number of nitro benzene ring substituents is 1. The number of allylic oxidation sites excluding steroid dienone is 1. The maximum absolute atomic E-state index is 13.2. The molecule has 37 heavy (non-hydrogen) atoms. The predicted octanol–water partition coefficient (Wildman–Crippen LogP) is 3.53. The number of hydrogen-bond donors (Lipinski definition) is 0. The number of non-ortho nitro benzene ring substituents is 1. The van der Waals surface area contributed by atoms with E-state index >= 15 is 0 Å². The number of carbonyl (C=O) groups excluding carboxylic acids is 3. The maximum Gasteiger partial charge on any atom is 0.338 e. The quantitative estimate of drug-likeness (QED) is 0.296. The van der Waals surface area contributed by atoms with Gasteiger partial charge in [-0.15, -0.1) is 0 Å². The fourth-order valence-electron chi connectivity index (χ4n) is 4.73. The van der Waals surface area contributed by atoms with E-state index in [1.54, 1.807) is 30.9 Å². The van der Waals surface area contributed by atoms with Crippen LogP contribution in [0.2, 0.25) is 0 Å². The zero-order chi connectivity index (χ0) is 26.7. The van der Waals surface area contributed by atoms with Gasteiger partial charge in [0.25, 0.3) is 5.69 Å². The van der Waals surface area contributed by atoms with Gasteiger partial charge in [0, 0.05) is 30.9 Å². The van der Waals surface area contributed by atoms with Gasteiger partial charge in [0.15, 0.2) is 5.17 Å². The van der Waals surface area contributed by atoms with E-state index in [2.05, 4.69) is 4.99 Å². The molecular formula is C25H28N4O7S. The zero-order valence-corrected chi connectivity index (χ0v) is 21.7. The van der Waals surface area contributed by atoms with Gasteiger partial charge < -0.3 is 19.3 Å². The third-order valence-corrected chi connectivity index (χ3v) is 7.51. The van der Waals surface area contributed by atoms with E-state index in [9.17, 15) is 24.5 Å². The highest BCUT2D eigenvalue weighted by molar-refractivity contribution is 8.16. The highest BCUT2D eigenvalue weighted by Gasteiger charge is 2.41. The van der Waals surface area contributed by atoms with E-state index in [1.165, 1.54) is 31.0 Å². The molecule has 3 aliphatic heterocycles. The highest BCUT2D eigenvalue weighted by Crippen LogP contribution is 2.45.